The Bertz CT molecular complexity index is 90.9. The van der Waals surface area contributed by atoms with Crippen molar-refractivity contribution in [1.82, 2.24) is 0 Å². The van der Waals surface area contributed by atoms with Gasteiger partial charge < -0.3 is 25.3 Å². The van der Waals surface area contributed by atoms with Crippen molar-refractivity contribution in [3.05, 3.63) is 35.1 Å². The quantitative estimate of drug-likeness (QED) is 0.224. The third kappa shape index (κ3) is 1760. The van der Waals surface area contributed by atoms with E-state index in [2.05, 4.69) is 0 Å². The fourth-order valence-corrected chi connectivity index (χ4v) is 0. The molecule has 0 saturated carbocycles. The van der Waals surface area contributed by atoms with Crippen molar-refractivity contribution in [3.8, 4) is 0 Å². The molecule has 8 nitrogen and oxygen atoms in total. The van der Waals surface area contributed by atoms with Crippen LogP contribution in [0.3, 0.4) is 0 Å². The molecule has 16 heavy (non-hydrogen) atoms. The number of hydrogen-bond acceptors (Lipinski definition) is 4. The van der Waals surface area contributed by atoms with Gasteiger partial charge in [0.15, 0.2) is 0 Å². The van der Waals surface area contributed by atoms with Gasteiger partial charge in [0, 0.05) is 65.4 Å². The van der Waals surface area contributed by atoms with E-state index < -0.39 is 10.2 Å². The summed E-state index contributed by atoms with van der Waals surface area (Å²) in [6.07, 6.45) is 0. The summed E-state index contributed by atoms with van der Waals surface area (Å²) in [6.45, 7) is 0. The first-order valence-electron chi connectivity index (χ1n) is 1.13. The van der Waals surface area contributed by atoms with E-state index in [9.17, 15) is 0 Å². The summed E-state index contributed by atoms with van der Waals surface area (Å²) >= 11 is 0. The molecule has 2 radical (unpaired) electrons. The fraction of sp³-hybridized carbons (Fsp3) is 0.600. The van der Waals surface area contributed by atoms with Crippen LogP contribution in [0.25, 0.3) is 0 Å². The Hall–Kier alpha value is 1.34. The summed E-state index contributed by atoms with van der Waals surface area (Å²) in [4.78, 5) is 16.7. The maximum atomic E-state index is 8.36. The Morgan fingerprint density at radius 1 is 0.750 bits per heavy atom. The van der Waals surface area contributed by atoms with E-state index in [1.807, 2.05) is 0 Å². The van der Waals surface area contributed by atoms with Gasteiger partial charge in [0.1, 0.15) is 0 Å². The second-order valence-corrected chi connectivity index (χ2v) is 0.476. The molecular weight excluding hydrogens is 489 g/mol. The minimum Gasteiger partial charge on any atom is -0.358 e. The number of halogens is 1. The summed E-state index contributed by atoms with van der Waals surface area (Å²) in [5.74, 6) is 0. The largest absolute Gasteiger partial charge is 0.358 e. The van der Waals surface area contributed by atoms with Gasteiger partial charge in [0.05, 0.1) is 0 Å². The van der Waals surface area contributed by atoms with Gasteiger partial charge in [-0.3, -0.25) is 0 Å². The van der Waals surface area contributed by atoms with Crippen LogP contribution in [-0.4, -0.2) is 20.6 Å². The topological polar surface area (TPSA) is 127 Å². The molecule has 0 aliphatic carbocycles. The Kier molecular flexibility index (Phi) is 383. The van der Waals surface area contributed by atoms with Crippen molar-refractivity contribution in [2.45, 2.75) is 22.3 Å². The van der Waals surface area contributed by atoms with Crippen LogP contribution in [0.5, 0.6) is 0 Å². The first kappa shape index (κ1) is 86.0. The number of hydrogen-bond donors (Lipinski definition) is 2. The van der Waals surface area contributed by atoms with Gasteiger partial charge in [0.25, 0.3) is 10.2 Å². The molecule has 0 aromatic rings. The van der Waals surface area contributed by atoms with Crippen LogP contribution in [0, 0.1) is 35.1 Å². The van der Waals surface area contributed by atoms with Crippen molar-refractivity contribution >= 4 is 24.0 Å². The minimum absolute atomic E-state index is 0. The molecule has 0 aliphatic heterocycles. The molecule has 0 heterocycles. The predicted molar refractivity (Wildman–Crippen MR) is 66.0 cm³/mol. The molecular formula is C5H21IN2O6Y2-2. The minimum atomic E-state index is -1.50. The molecule has 0 saturated heterocycles. The standard InChI is InChI=1S/3CH4.2CH3.HI.2HNO3.2Y/c;;;;;;2*2-1(3)4;;/h3*1H4;2*1H3;1H;2*(H,2,3,4);;/q;;;2*-1;;;;;. The Labute approximate surface area is 165 Å². The second-order valence-electron chi connectivity index (χ2n) is 0.476. The van der Waals surface area contributed by atoms with E-state index >= 15 is 0 Å². The van der Waals surface area contributed by atoms with Crippen molar-refractivity contribution in [1.29, 1.82) is 0 Å². The second kappa shape index (κ2) is 71.4. The molecule has 0 fully saturated rings. The van der Waals surface area contributed by atoms with Gasteiger partial charge >= 0.3 is 0 Å². The van der Waals surface area contributed by atoms with Crippen LogP contribution in [0.2, 0.25) is 0 Å². The summed E-state index contributed by atoms with van der Waals surface area (Å²) in [6, 6.07) is 0. The predicted octanol–water partition coefficient (Wildman–Crippen LogP) is 2.73. The molecule has 0 aromatic carbocycles. The zero-order valence-corrected chi connectivity index (χ0v) is 15.0. The molecule has 0 spiro atoms. The van der Waals surface area contributed by atoms with Crippen LogP contribution in [0.1, 0.15) is 22.3 Å². The summed E-state index contributed by atoms with van der Waals surface area (Å²) < 4.78 is 0. The van der Waals surface area contributed by atoms with E-state index in [4.69, 9.17) is 30.6 Å². The Balaban J connectivity index is -0.00000000375. The molecule has 0 aliphatic rings. The summed E-state index contributed by atoms with van der Waals surface area (Å²) in [5.41, 5.74) is 0. The van der Waals surface area contributed by atoms with Crippen molar-refractivity contribution in [2.75, 3.05) is 0 Å². The zero-order valence-electron chi connectivity index (χ0n) is 6.98. The molecule has 0 amide bonds. The first-order chi connectivity index (χ1) is 3.46. The van der Waals surface area contributed by atoms with Crippen LogP contribution in [0.4, 0.5) is 0 Å². The summed E-state index contributed by atoms with van der Waals surface area (Å²) in [7, 11) is 0. The third-order valence-corrected chi connectivity index (χ3v) is 0. The van der Waals surface area contributed by atoms with Crippen LogP contribution in [0.15, 0.2) is 0 Å². The van der Waals surface area contributed by atoms with E-state index in [-0.39, 0.29) is 127 Å². The monoisotopic (exact) mass is 510 g/mol. The fourth-order valence-electron chi connectivity index (χ4n) is 0. The molecule has 2 N–H and O–H groups in total. The van der Waals surface area contributed by atoms with Gasteiger partial charge in [-0.15, -0.1) is 44.2 Å². The molecule has 0 rings (SSSR count). The van der Waals surface area contributed by atoms with Crippen LogP contribution < -0.4 is 0 Å². The summed E-state index contributed by atoms with van der Waals surface area (Å²) in [5, 5.41) is 27.3. The van der Waals surface area contributed by atoms with E-state index in [0.29, 0.717) is 0 Å². The van der Waals surface area contributed by atoms with Gasteiger partial charge in [0.2, 0.25) is 0 Å². The molecule has 0 unspecified atom stereocenters. The number of nitrogens with zero attached hydrogens (tertiary/aromatic N) is 2. The maximum absolute atomic E-state index is 8.36. The van der Waals surface area contributed by atoms with E-state index in [1.165, 1.54) is 0 Å². The first-order valence-corrected chi connectivity index (χ1v) is 1.13. The molecule has 0 aromatic heterocycles. The average molecular weight is 510 g/mol. The van der Waals surface area contributed by atoms with Gasteiger partial charge in [-0.1, -0.05) is 22.3 Å². The van der Waals surface area contributed by atoms with E-state index in [0.717, 1.165) is 0 Å². The maximum Gasteiger partial charge on any atom is 0.291 e. The van der Waals surface area contributed by atoms with Crippen LogP contribution in [-0.2, 0) is 65.4 Å². The van der Waals surface area contributed by atoms with Gasteiger partial charge in [-0.05, 0) is 0 Å². The molecule has 0 bridgehead atoms. The van der Waals surface area contributed by atoms with Gasteiger partial charge in [-0.25, -0.2) is 0 Å². The number of rotatable bonds is 0. The SMILES string of the molecule is C.C.C.I.O=[N+]([O-])O.O=[N+]([O-])O.[CH3-].[CH3-].[Y].[Y]. The van der Waals surface area contributed by atoms with E-state index in [1.54, 1.807) is 0 Å². The van der Waals surface area contributed by atoms with Crippen LogP contribution >= 0.6 is 24.0 Å². The Morgan fingerprint density at radius 2 is 0.750 bits per heavy atom. The Morgan fingerprint density at radius 3 is 0.750 bits per heavy atom. The zero-order chi connectivity index (χ0) is 7.15. The molecule has 11 heteroatoms. The smallest absolute Gasteiger partial charge is 0.291 e. The molecule has 102 valence electrons. The van der Waals surface area contributed by atoms with Gasteiger partial charge in [-0.2, -0.15) is 0 Å². The third-order valence-electron chi connectivity index (χ3n) is 0. The molecule has 0 atom stereocenters. The van der Waals surface area contributed by atoms with Crippen molar-refractivity contribution in [3.63, 3.8) is 0 Å². The van der Waals surface area contributed by atoms with Crippen molar-refractivity contribution in [2.24, 2.45) is 0 Å². The average Bonchev–Trinajstić information content (AvgIpc) is 1.25. The normalized spacial score (nSPS) is 3.00. The van der Waals surface area contributed by atoms with Crippen molar-refractivity contribution < 1.29 is 86.0 Å².